The van der Waals surface area contributed by atoms with E-state index in [0.29, 0.717) is 15.8 Å². The lowest BCUT2D eigenvalue weighted by Gasteiger charge is -2.29. The maximum Gasteiger partial charge on any atom is 0.242 e. The first-order valence-electron chi connectivity index (χ1n) is 9.53. The molecule has 0 heterocycles. The highest BCUT2D eigenvalue weighted by Crippen LogP contribution is 2.25. The van der Waals surface area contributed by atoms with Crippen LogP contribution in [0.3, 0.4) is 0 Å². The van der Waals surface area contributed by atoms with E-state index < -0.39 is 6.04 Å². The van der Waals surface area contributed by atoms with E-state index >= 15 is 0 Å². The zero-order valence-corrected chi connectivity index (χ0v) is 19.5. The predicted octanol–water partition coefficient (Wildman–Crippen LogP) is 5.31. The van der Waals surface area contributed by atoms with Crippen LogP contribution in [0.1, 0.15) is 31.9 Å². The van der Waals surface area contributed by atoms with E-state index in [1.807, 2.05) is 19.9 Å². The molecule has 0 unspecified atom stereocenters. The van der Waals surface area contributed by atoms with Crippen LogP contribution in [0.2, 0.25) is 10.0 Å². The Morgan fingerprint density at radius 2 is 1.67 bits per heavy atom. The number of amides is 2. The molecule has 1 N–H and O–H groups in total. The molecule has 0 radical (unpaired) electrons. The number of rotatable bonds is 9. The van der Waals surface area contributed by atoms with Gasteiger partial charge in [0.05, 0.1) is 15.8 Å². The standard InChI is InChI=1S/C22H25Cl2FN2O2S/c1-14(2)26-22(29)15(3)27(11-16-4-7-18(25)8-5-16)21(28)13-30-12-17-6-9-19(23)20(24)10-17/h4-10,14-15H,11-13H2,1-3H3,(H,26,29)/t15-/m1/s1. The molecule has 0 aliphatic rings. The number of carbonyl (C=O) groups excluding carboxylic acids is 2. The SMILES string of the molecule is CC(C)NC(=O)[C@@H](C)N(Cc1ccc(F)cc1)C(=O)CSCc1ccc(Cl)c(Cl)c1. The molecule has 2 rings (SSSR count). The Hall–Kier alpha value is -1.76. The van der Waals surface area contributed by atoms with Gasteiger partial charge in [0.25, 0.3) is 0 Å². The Kier molecular flexibility index (Phi) is 9.46. The van der Waals surface area contributed by atoms with Gasteiger partial charge in [0.2, 0.25) is 11.8 Å². The van der Waals surface area contributed by atoms with Gasteiger partial charge in [0.15, 0.2) is 0 Å². The van der Waals surface area contributed by atoms with Crippen LogP contribution in [0.25, 0.3) is 0 Å². The summed E-state index contributed by atoms with van der Waals surface area (Å²) in [4.78, 5) is 27.0. The molecule has 2 aromatic carbocycles. The Bertz CT molecular complexity index is 878. The average Bonchev–Trinajstić information content (AvgIpc) is 2.69. The van der Waals surface area contributed by atoms with Crippen molar-refractivity contribution in [2.24, 2.45) is 0 Å². The smallest absolute Gasteiger partial charge is 0.242 e. The molecule has 8 heteroatoms. The minimum absolute atomic E-state index is 0.0354. The number of benzene rings is 2. The Morgan fingerprint density at radius 3 is 2.27 bits per heavy atom. The van der Waals surface area contributed by atoms with Crippen molar-refractivity contribution in [2.75, 3.05) is 5.75 Å². The van der Waals surface area contributed by atoms with Crippen molar-refractivity contribution in [3.8, 4) is 0 Å². The summed E-state index contributed by atoms with van der Waals surface area (Å²) in [6, 6.07) is 10.6. The molecular formula is C22H25Cl2FN2O2S. The highest BCUT2D eigenvalue weighted by Gasteiger charge is 2.26. The minimum atomic E-state index is -0.657. The van der Waals surface area contributed by atoms with Crippen molar-refractivity contribution in [1.82, 2.24) is 10.2 Å². The van der Waals surface area contributed by atoms with Crippen molar-refractivity contribution < 1.29 is 14.0 Å². The van der Waals surface area contributed by atoms with Gasteiger partial charge in [-0.3, -0.25) is 9.59 Å². The molecule has 2 amide bonds. The quantitative estimate of drug-likeness (QED) is 0.540. The topological polar surface area (TPSA) is 49.4 Å². The highest BCUT2D eigenvalue weighted by molar-refractivity contribution is 7.99. The van der Waals surface area contributed by atoms with Crippen LogP contribution in [0.5, 0.6) is 0 Å². The maximum atomic E-state index is 13.2. The first-order valence-corrected chi connectivity index (χ1v) is 11.4. The Labute approximate surface area is 191 Å². The summed E-state index contributed by atoms with van der Waals surface area (Å²) in [6.07, 6.45) is 0. The normalized spacial score (nSPS) is 12.0. The van der Waals surface area contributed by atoms with Gasteiger partial charge in [0, 0.05) is 18.3 Å². The molecule has 0 spiro atoms. The van der Waals surface area contributed by atoms with Gasteiger partial charge in [-0.05, 0) is 56.2 Å². The van der Waals surface area contributed by atoms with Gasteiger partial charge in [-0.25, -0.2) is 4.39 Å². The van der Waals surface area contributed by atoms with Gasteiger partial charge in [-0.15, -0.1) is 11.8 Å². The van der Waals surface area contributed by atoms with E-state index in [1.165, 1.54) is 28.8 Å². The van der Waals surface area contributed by atoms with Gasteiger partial charge in [-0.2, -0.15) is 0 Å². The monoisotopic (exact) mass is 470 g/mol. The third-order valence-corrected chi connectivity index (χ3v) is 6.07. The molecular weight excluding hydrogens is 446 g/mol. The summed E-state index contributed by atoms with van der Waals surface area (Å²) >= 11 is 13.4. The summed E-state index contributed by atoms with van der Waals surface area (Å²) in [7, 11) is 0. The number of nitrogens with one attached hydrogen (secondary N) is 1. The third-order valence-electron chi connectivity index (χ3n) is 4.34. The largest absolute Gasteiger partial charge is 0.352 e. The number of hydrogen-bond donors (Lipinski definition) is 1. The number of nitrogens with zero attached hydrogens (tertiary/aromatic N) is 1. The number of hydrogen-bond acceptors (Lipinski definition) is 3. The highest BCUT2D eigenvalue weighted by atomic mass is 35.5. The third kappa shape index (κ3) is 7.49. The molecule has 0 aliphatic carbocycles. The van der Waals surface area contributed by atoms with Crippen molar-refractivity contribution in [2.45, 2.75) is 45.2 Å². The molecule has 30 heavy (non-hydrogen) atoms. The van der Waals surface area contributed by atoms with Gasteiger partial charge >= 0.3 is 0 Å². The Morgan fingerprint density at radius 1 is 1.03 bits per heavy atom. The minimum Gasteiger partial charge on any atom is -0.352 e. The molecule has 1 atom stereocenters. The van der Waals surface area contributed by atoms with E-state index in [-0.39, 0.29) is 36.0 Å². The van der Waals surface area contributed by atoms with E-state index in [9.17, 15) is 14.0 Å². The number of halogens is 3. The second-order valence-electron chi connectivity index (χ2n) is 7.23. The molecule has 0 saturated heterocycles. The van der Waals surface area contributed by atoms with Crippen LogP contribution in [0.4, 0.5) is 4.39 Å². The molecule has 0 fully saturated rings. The average molecular weight is 471 g/mol. The lowest BCUT2D eigenvalue weighted by Crippen LogP contribution is -2.49. The Balaban J connectivity index is 2.07. The summed E-state index contributed by atoms with van der Waals surface area (Å²) in [5, 5.41) is 3.79. The maximum absolute atomic E-state index is 13.2. The second-order valence-corrected chi connectivity index (χ2v) is 9.03. The zero-order chi connectivity index (χ0) is 22.3. The van der Waals surface area contributed by atoms with Crippen molar-refractivity contribution in [3.05, 3.63) is 69.5 Å². The lowest BCUT2D eigenvalue weighted by atomic mass is 10.1. The number of thioether (sulfide) groups is 1. The summed E-state index contributed by atoms with van der Waals surface area (Å²) in [6.45, 7) is 5.65. The van der Waals surface area contributed by atoms with E-state index in [4.69, 9.17) is 23.2 Å². The fourth-order valence-corrected chi connectivity index (χ4v) is 3.92. The van der Waals surface area contributed by atoms with Crippen LogP contribution >= 0.6 is 35.0 Å². The summed E-state index contributed by atoms with van der Waals surface area (Å²) in [5.41, 5.74) is 1.71. The van der Waals surface area contributed by atoms with Crippen LogP contribution in [-0.2, 0) is 21.9 Å². The molecule has 0 aliphatic heterocycles. The van der Waals surface area contributed by atoms with E-state index in [2.05, 4.69) is 5.32 Å². The van der Waals surface area contributed by atoms with Crippen molar-refractivity contribution in [1.29, 1.82) is 0 Å². The van der Waals surface area contributed by atoms with Crippen LogP contribution in [-0.4, -0.2) is 34.6 Å². The predicted molar refractivity (Wildman–Crippen MR) is 122 cm³/mol. The fraction of sp³-hybridized carbons (Fsp3) is 0.364. The lowest BCUT2D eigenvalue weighted by molar-refractivity contribution is -0.138. The van der Waals surface area contributed by atoms with E-state index in [1.54, 1.807) is 31.2 Å². The summed E-state index contributed by atoms with van der Waals surface area (Å²) in [5.74, 6) is 0.0329. The molecule has 162 valence electrons. The molecule has 4 nitrogen and oxygen atoms in total. The van der Waals surface area contributed by atoms with Crippen molar-refractivity contribution >= 4 is 46.8 Å². The molecule has 0 bridgehead atoms. The zero-order valence-electron chi connectivity index (χ0n) is 17.1. The first-order chi connectivity index (χ1) is 14.2. The van der Waals surface area contributed by atoms with Gasteiger partial charge < -0.3 is 10.2 Å². The number of carbonyl (C=O) groups is 2. The van der Waals surface area contributed by atoms with Gasteiger partial charge in [-0.1, -0.05) is 41.4 Å². The van der Waals surface area contributed by atoms with E-state index in [0.717, 1.165) is 11.1 Å². The summed E-state index contributed by atoms with van der Waals surface area (Å²) < 4.78 is 13.2. The molecule has 2 aromatic rings. The molecule has 0 saturated carbocycles. The van der Waals surface area contributed by atoms with Crippen molar-refractivity contribution in [3.63, 3.8) is 0 Å². The van der Waals surface area contributed by atoms with Crippen LogP contribution in [0.15, 0.2) is 42.5 Å². The van der Waals surface area contributed by atoms with Crippen LogP contribution in [0, 0.1) is 5.82 Å². The fourth-order valence-electron chi connectivity index (χ4n) is 2.74. The first kappa shape index (κ1) is 24.5. The molecule has 0 aromatic heterocycles. The van der Waals surface area contributed by atoms with Gasteiger partial charge in [0.1, 0.15) is 11.9 Å². The van der Waals surface area contributed by atoms with Crippen LogP contribution < -0.4 is 5.32 Å². The second kappa shape index (κ2) is 11.6.